The van der Waals surface area contributed by atoms with E-state index in [0.29, 0.717) is 27.7 Å². The number of nitriles is 1. The van der Waals surface area contributed by atoms with Crippen molar-refractivity contribution in [1.29, 1.82) is 5.26 Å². The third-order valence-electron chi connectivity index (χ3n) is 4.49. The zero-order valence-corrected chi connectivity index (χ0v) is 18.8. The van der Waals surface area contributed by atoms with Crippen LogP contribution < -0.4 is 20.1 Å². The van der Waals surface area contributed by atoms with Gasteiger partial charge in [0.25, 0.3) is 11.8 Å². The summed E-state index contributed by atoms with van der Waals surface area (Å²) in [5, 5.41) is 24.5. The van der Waals surface area contributed by atoms with Crippen molar-refractivity contribution in [3.05, 3.63) is 82.9 Å². The van der Waals surface area contributed by atoms with Crippen molar-refractivity contribution in [3.8, 4) is 23.3 Å². The van der Waals surface area contributed by atoms with Crippen LogP contribution in [0.1, 0.15) is 5.56 Å². The molecule has 0 heterocycles. The number of carbonyl (C=O) groups excluding carboxylic acids is 2. The summed E-state index contributed by atoms with van der Waals surface area (Å²) in [7, 11) is 1.55. The van der Waals surface area contributed by atoms with Crippen molar-refractivity contribution in [2.45, 2.75) is 0 Å². The van der Waals surface area contributed by atoms with Crippen LogP contribution in [0.25, 0.3) is 6.08 Å². The second-order valence-electron chi connectivity index (χ2n) is 6.92. The number of aromatic hydroxyl groups is 1. The molecule has 0 aliphatic carbocycles. The minimum absolute atomic E-state index is 0.0470. The third kappa shape index (κ3) is 6.76. The molecule has 0 aliphatic heterocycles. The molecule has 3 rings (SSSR count). The predicted molar refractivity (Wildman–Crippen MR) is 129 cm³/mol. The minimum Gasteiger partial charge on any atom is -0.508 e. The molecule has 3 aromatic carbocycles. The Labute approximate surface area is 201 Å². The van der Waals surface area contributed by atoms with Crippen molar-refractivity contribution in [3.63, 3.8) is 0 Å². The second kappa shape index (κ2) is 11.4. The molecule has 3 N–H and O–H groups in total. The van der Waals surface area contributed by atoms with Crippen molar-refractivity contribution in [1.82, 2.24) is 0 Å². The van der Waals surface area contributed by atoms with E-state index in [2.05, 4.69) is 10.6 Å². The minimum atomic E-state index is -0.656. The number of phenolic OH excluding ortho intramolecular Hbond substituents is 1. The first-order valence-electron chi connectivity index (χ1n) is 9.96. The summed E-state index contributed by atoms with van der Waals surface area (Å²) in [5.41, 5.74) is 1.12. The normalized spacial score (nSPS) is 10.7. The van der Waals surface area contributed by atoms with Crippen LogP contribution >= 0.6 is 11.6 Å². The Morgan fingerprint density at radius 2 is 1.68 bits per heavy atom. The van der Waals surface area contributed by atoms with Crippen LogP contribution in [0.3, 0.4) is 0 Å². The molecule has 0 saturated heterocycles. The van der Waals surface area contributed by atoms with E-state index in [1.165, 1.54) is 36.4 Å². The standard InChI is InChI=1S/C25H20ClN3O5/c1-33-22-9-5-19(6-10-22)28-24(31)15-34-23-11-2-18(26)13-16(23)12-17(14-27)25(32)29-20-3-7-21(30)8-4-20/h2-13,30H,15H2,1H3,(H,28,31)(H,29,32). The highest BCUT2D eigenvalue weighted by molar-refractivity contribution is 6.30. The molecular weight excluding hydrogens is 458 g/mol. The molecule has 8 nitrogen and oxygen atoms in total. The van der Waals surface area contributed by atoms with Gasteiger partial charge < -0.3 is 25.2 Å². The first-order valence-corrected chi connectivity index (χ1v) is 10.3. The lowest BCUT2D eigenvalue weighted by Gasteiger charge is -2.11. The summed E-state index contributed by atoms with van der Waals surface area (Å²) in [6, 6.07) is 19.1. The molecule has 0 atom stereocenters. The highest BCUT2D eigenvalue weighted by Gasteiger charge is 2.13. The van der Waals surface area contributed by atoms with Crippen molar-refractivity contribution in [2.24, 2.45) is 0 Å². The van der Waals surface area contributed by atoms with Gasteiger partial charge in [0, 0.05) is 22.0 Å². The fraction of sp³-hybridized carbons (Fsp3) is 0.0800. The van der Waals surface area contributed by atoms with Crippen LogP contribution in [0.4, 0.5) is 11.4 Å². The number of nitrogens with one attached hydrogen (secondary N) is 2. The summed E-state index contributed by atoms with van der Waals surface area (Å²) in [6.07, 6.45) is 1.32. The number of rotatable bonds is 8. The van der Waals surface area contributed by atoms with Gasteiger partial charge in [0.05, 0.1) is 7.11 Å². The van der Waals surface area contributed by atoms with Crippen LogP contribution in [0, 0.1) is 11.3 Å². The van der Waals surface area contributed by atoms with Crippen molar-refractivity contribution < 1.29 is 24.2 Å². The van der Waals surface area contributed by atoms with Gasteiger partial charge in [-0.2, -0.15) is 5.26 Å². The Morgan fingerprint density at radius 1 is 1.03 bits per heavy atom. The van der Waals surface area contributed by atoms with Crippen LogP contribution in [0.5, 0.6) is 17.2 Å². The van der Waals surface area contributed by atoms with Gasteiger partial charge in [-0.1, -0.05) is 11.6 Å². The van der Waals surface area contributed by atoms with Gasteiger partial charge in [0.1, 0.15) is 28.9 Å². The maximum Gasteiger partial charge on any atom is 0.266 e. The van der Waals surface area contributed by atoms with Crippen LogP contribution in [-0.4, -0.2) is 30.6 Å². The number of hydrogen-bond donors (Lipinski definition) is 3. The summed E-state index contributed by atoms with van der Waals surface area (Å²) >= 11 is 6.08. The number of halogens is 1. The second-order valence-corrected chi connectivity index (χ2v) is 7.35. The molecule has 0 saturated carbocycles. The molecular formula is C25H20ClN3O5. The monoisotopic (exact) mass is 477 g/mol. The Kier molecular flexibility index (Phi) is 8.11. The lowest BCUT2D eigenvalue weighted by molar-refractivity contribution is -0.118. The van der Waals surface area contributed by atoms with Gasteiger partial charge in [0.2, 0.25) is 0 Å². The quantitative estimate of drug-likeness (QED) is 0.247. The molecule has 3 aromatic rings. The van der Waals surface area contributed by atoms with Crippen LogP contribution in [0.15, 0.2) is 72.3 Å². The zero-order chi connectivity index (χ0) is 24.5. The van der Waals surface area contributed by atoms with E-state index >= 15 is 0 Å². The first-order chi connectivity index (χ1) is 16.4. The van der Waals surface area contributed by atoms with Crippen LogP contribution in [-0.2, 0) is 9.59 Å². The molecule has 0 unspecified atom stereocenters. The molecule has 0 bridgehead atoms. The SMILES string of the molecule is COc1ccc(NC(=O)COc2ccc(Cl)cc2C=C(C#N)C(=O)Nc2ccc(O)cc2)cc1. The molecule has 2 amide bonds. The molecule has 0 aromatic heterocycles. The number of nitrogens with zero attached hydrogens (tertiary/aromatic N) is 1. The van der Waals surface area contributed by atoms with E-state index in [-0.39, 0.29) is 23.7 Å². The van der Waals surface area contributed by atoms with Gasteiger partial charge >= 0.3 is 0 Å². The van der Waals surface area contributed by atoms with E-state index in [1.807, 2.05) is 6.07 Å². The largest absolute Gasteiger partial charge is 0.508 e. The maximum atomic E-state index is 12.5. The van der Waals surface area contributed by atoms with Crippen LogP contribution in [0.2, 0.25) is 5.02 Å². The number of phenols is 1. The van der Waals surface area contributed by atoms with Crippen molar-refractivity contribution in [2.75, 3.05) is 24.4 Å². The summed E-state index contributed by atoms with van der Waals surface area (Å²) in [6.45, 7) is -0.309. The summed E-state index contributed by atoms with van der Waals surface area (Å²) in [4.78, 5) is 24.8. The number of benzene rings is 3. The van der Waals surface area contributed by atoms with Gasteiger partial charge in [0.15, 0.2) is 6.61 Å². The van der Waals surface area contributed by atoms with Gasteiger partial charge in [-0.3, -0.25) is 9.59 Å². The highest BCUT2D eigenvalue weighted by Crippen LogP contribution is 2.26. The Hall–Kier alpha value is -4.48. The number of methoxy groups -OCH3 is 1. The van der Waals surface area contributed by atoms with E-state index in [9.17, 15) is 20.0 Å². The van der Waals surface area contributed by atoms with E-state index in [1.54, 1.807) is 43.5 Å². The highest BCUT2D eigenvalue weighted by atomic mass is 35.5. The maximum absolute atomic E-state index is 12.5. The lowest BCUT2D eigenvalue weighted by Crippen LogP contribution is -2.20. The molecule has 0 fully saturated rings. The van der Waals surface area contributed by atoms with Gasteiger partial charge in [-0.15, -0.1) is 0 Å². The van der Waals surface area contributed by atoms with E-state index in [0.717, 1.165) is 0 Å². The number of carbonyl (C=O) groups is 2. The molecule has 0 spiro atoms. The molecule has 0 aliphatic rings. The summed E-state index contributed by atoms with van der Waals surface area (Å²) < 4.78 is 10.7. The first kappa shape index (κ1) is 24.2. The van der Waals surface area contributed by atoms with E-state index < -0.39 is 11.8 Å². The average molecular weight is 478 g/mol. The number of hydrogen-bond acceptors (Lipinski definition) is 6. The fourth-order valence-electron chi connectivity index (χ4n) is 2.83. The van der Waals surface area contributed by atoms with Crippen molar-refractivity contribution >= 4 is 40.9 Å². The Balaban J connectivity index is 1.71. The predicted octanol–water partition coefficient (Wildman–Crippen LogP) is 4.62. The molecule has 34 heavy (non-hydrogen) atoms. The fourth-order valence-corrected chi connectivity index (χ4v) is 3.01. The third-order valence-corrected chi connectivity index (χ3v) is 4.73. The topological polar surface area (TPSA) is 121 Å². The summed E-state index contributed by atoms with van der Waals surface area (Å²) in [5.74, 6) is -0.0863. The van der Waals surface area contributed by atoms with Gasteiger partial charge in [-0.25, -0.2) is 0 Å². The lowest BCUT2D eigenvalue weighted by atomic mass is 10.1. The Bertz CT molecular complexity index is 1250. The Morgan fingerprint density at radius 3 is 2.32 bits per heavy atom. The zero-order valence-electron chi connectivity index (χ0n) is 18.0. The molecule has 172 valence electrons. The number of ether oxygens (including phenoxy) is 2. The number of anilines is 2. The molecule has 9 heteroatoms. The molecule has 0 radical (unpaired) electrons. The number of amides is 2. The average Bonchev–Trinajstić information content (AvgIpc) is 2.83. The van der Waals surface area contributed by atoms with Gasteiger partial charge in [-0.05, 0) is 72.8 Å². The smallest absolute Gasteiger partial charge is 0.266 e. The van der Waals surface area contributed by atoms with E-state index in [4.69, 9.17) is 21.1 Å².